The summed E-state index contributed by atoms with van der Waals surface area (Å²) in [7, 11) is 0. The lowest BCUT2D eigenvalue weighted by molar-refractivity contribution is 0.0295. The van der Waals surface area contributed by atoms with Gasteiger partial charge in [-0.1, -0.05) is 31.4 Å². The van der Waals surface area contributed by atoms with Crippen LogP contribution in [0.1, 0.15) is 86.5 Å². The molecule has 1 N–H and O–H groups in total. The fourth-order valence-electron chi connectivity index (χ4n) is 5.03. The third-order valence-corrected chi connectivity index (χ3v) is 6.74. The first kappa shape index (κ1) is 23.0. The van der Waals surface area contributed by atoms with Crippen molar-refractivity contribution in [2.75, 3.05) is 0 Å². The molecule has 0 unspecified atom stereocenters. The first-order chi connectivity index (χ1) is 13.1. The topological polar surface area (TPSA) is 49.8 Å². The Balaban J connectivity index is 2.25. The molecule has 1 fully saturated rings. The zero-order valence-corrected chi connectivity index (χ0v) is 18.8. The van der Waals surface area contributed by atoms with E-state index in [-0.39, 0.29) is 36.1 Å². The molecular formula is C24H41NO3. The molecule has 4 heteroatoms. The highest BCUT2D eigenvalue weighted by Crippen LogP contribution is 2.42. The Hall–Kier alpha value is -1.29. The summed E-state index contributed by atoms with van der Waals surface area (Å²) in [5.41, 5.74) is 2.16. The average molecular weight is 392 g/mol. The molecule has 28 heavy (non-hydrogen) atoms. The van der Waals surface area contributed by atoms with E-state index in [4.69, 9.17) is 4.74 Å². The van der Waals surface area contributed by atoms with E-state index in [0.717, 1.165) is 36.2 Å². The van der Waals surface area contributed by atoms with Crippen molar-refractivity contribution in [2.45, 2.75) is 105 Å². The van der Waals surface area contributed by atoms with Crippen LogP contribution < -0.4 is 0 Å². The molecule has 0 aromatic carbocycles. The van der Waals surface area contributed by atoms with Crippen molar-refractivity contribution < 1.29 is 14.6 Å². The van der Waals surface area contributed by atoms with Gasteiger partial charge < -0.3 is 14.7 Å². The molecule has 2 aliphatic carbocycles. The van der Waals surface area contributed by atoms with E-state index >= 15 is 0 Å². The van der Waals surface area contributed by atoms with Crippen LogP contribution >= 0.6 is 0 Å². The molecule has 0 aromatic heterocycles. The highest BCUT2D eigenvalue weighted by atomic mass is 16.6. The van der Waals surface area contributed by atoms with E-state index < -0.39 is 0 Å². The van der Waals surface area contributed by atoms with Crippen LogP contribution in [-0.4, -0.2) is 34.3 Å². The molecule has 2 aliphatic rings. The van der Waals surface area contributed by atoms with Gasteiger partial charge in [-0.05, 0) is 78.2 Å². The minimum absolute atomic E-state index is 0.0490. The Labute approximate surface area is 172 Å². The average Bonchev–Trinajstić information content (AvgIpc) is 2.62. The second-order valence-electron chi connectivity index (χ2n) is 9.55. The minimum Gasteiger partial charge on any atom is -0.415 e. The third-order valence-electron chi connectivity index (χ3n) is 6.74. The summed E-state index contributed by atoms with van der Waals surface area (Å²) in [4.78, 5) is 14.7. The second-order valence-corrected chi connectivity index (χ2v) is 9.55. The minimum atomic E-state index is -0.359. The molecule has 0 aliphatic heterocycles. The van der Waals surface area contributed by atoms with Crippen LogP contribution in [0.15, 0.2) is 23.5 Å². The Morgan fingerprint density at radius 1 is 1.14 bits per heavy atom. The zero-order valence-electron chi connectivity index (χ0n) is 18.8. The SMILES string of the molecule is C=C(C)[C@H]1CC(OC(=O)N(C(C)C)C(C)C)=C(C)[C@H]([C@H](O)C2CCCCC2)C1. The number of hydrogen-bond acceptors (Lipinski definition) is 3. The molecule has 0 radical (unpaired) electrons. The van der Waals surface area contributed by atoms with Gasteiger partial charge >= 0.3 is 6.09 Å². The van der Waals surface area contributed by atoms with Crippen molar-refractivity contribution in [1.82, 2.24) is 4.90 Å². The number of nitrogens with zero attached hydrogens (tertiary/aromatic N) is 1. The van der Waals surface area contributed by atoms with E-state index in [1.54, 1.807) is 4.90 Å². The lowest BCUT2D eigenvalue weighted by Gasteiger charge is -2.39. The normalized spacial score (nSPS) is 25.2. The van der Waals surface area contributed by atoms with Crippen LogP contribution in [0.25, 0.3) is 0 Å². The standard InChI is InChI=1S/C24H41NO3/c1-15(2)20-13-21(23(26)19-11-9-8-10-12-19)18(7)22(14-20)28-24(27)25(16(3)4)17(5)6/h16-17,19-21,23,26H,1,8-14H2,2-7H3/t20-,21-,23-/m1/s1. The van der Waals surface area contributed by atoms with Crippen LogP contribution in [0.3, 0.4) is 0 Å². The lowest BCUT2D eigenvalue weighted by Crippen LogP contribution is -2.43. The number of aliphatic hydroxyl groups is 1. The molecule has 1 amide bonds. The summed E-state index contributed by atoms with van der Waals surface area (Å²) < 4.78 is 5.95. The lowest BCUT2D eigenvalue weighted by atomic mass is 9.70. The van der Waals surface area contributed by atoms with Gasteiger partial charge in [-0.15, -0.1) is 0 Å². The molecule has 0 saturated heterocycles. The molecule has 3 atom stereocenters. The summed E-state index contributed by atoms with van der Waals surface area (Å²) in [5.74, 6) is 1.40. The second kappa shape index (κ2) is 9.96. The Morgan fingerprint density at radius 2 is 1.71 bits per heavy atom. The van der Waals surface area contributed by atoms with Crippen molar-refractivity contribution in [3.8, 4) is 0 Å². The smallest absolute Gasteiger partial charge is 0.415 e. The van der Waals surface area contributed by atoms with Gasteiger partial charge in [0.15, 0.2) is 0 Å². The van der Waals surface area contributed by atoms with Gasteiger partial charge in [0.25, 0.3) is 0 Å². The van der Waals surface area contributed by atoms with Gasteiger partial charge in [0.2, 0.25) is 0 Å². The fraction of sp³-hybridized carbons (Fsp3) is 0.792. The van der Waals surface area contributed by atoms with Gasteiger partial charge in [0.05, 0.1) is 6.10 Å². The number of allylic oxidation sites excluding steroid dienone is 2. The maximum atomic E-state index is 12.9. The molecule has 0 spiro atoms. The Kier molecular flexibility index (Phi) is 8.18. The van der Waals surface area contributed by atoms with Crippen LogP contribution in [0.5, 0.6) is 0 Å². The third kappa shape index (κ3) is 5.40. The van der Waals surface area contributed by atoms with E-state index in [9.17, 15) is 9.90 Å². The van der Waals surface area contributed by atoms with Gasteiger partial charge in [-0.25, -0.2) is 4.79 Å². The van der Waals surface area contributed by atoms with Gasteiger partial charge in [-0.3, -0.25) is 0 Å². The maximum Gasteiger partial charge on any atom is 0.415 e. The highest BCUT2D eigenvalue weighted by Gasteiger charge is 2.37. The van der Waals surface area contributed by atoms with Crippen molar-refractivity contribution in [2.24, 2.45) is 17.8 Å². The summed E-state index contributed by atoms with van der Waals surface area (Å²) in [6.07, 6.45) is 6.86. The molecule has 2 rings (SSSR count). The number of aliphatic hydroxyl groups excluding tert-OH is 1. The summed E-state index contributed by atoms with van der Waals surface area (Å²) in [5, 5.41) is 11.2. The first-order valence-electron chi connectivity index (χ1n) is 11.2. The predicted molar refractivity (Wildman–Crippen MR) is 115 cm³/mol. The van der Waals surface area contributed by atoms with Crippen LogP contribution in [0.2, 0.25) is 0 Å². The molecular weight excluding hydrogens is 350 g/mol. The van der Waals surface area contributed by atoms with Gasteiger partial charge in [0.1, 0.15) is 5.76 Å². The van der Waals surface area contributed by atoms with Crippen LogP contribution in [0.4, 0.5) is 4.79 Å². The number of carbonyl (C=O) groups is 1. The molecule has 1 saturated carbocycles. The Bertz CT molecular complexity index is 579. The van der Waals surface area contributed by atoms with Crippen LogP contribution in [-0.2, 0) is 4.74 Å². The summed E-state index contributed by atoms with van der Waals surface area (Å²) in [6.45, 7) is 16.3. The van der Waals surface area contributed by atoms with Crippen molar-refractivity contribution >= 4 is 6.09 Å². The number of hydrogen-bond donors (Lipinski definition) is 1. The van der Waals surface area contributed by atoms with Crippen LogP contribution in [0, 0.1) is 17.8 Å². The van der Waals surface area contributed by atoms with Gasteiger partial charge in [0, 0.05) is 24.4 Å². The molecule has 4 nitrogen and oxygen atoms in total. The van der Waals surface area contributed by atoms with Crippen molar-refractivity contribution in [3.05, 3.63) is 23.5 Å². The molecule has 0 bridgehead atoms. The zero-order chi connectivity index (χ0) is 21.0. The molecule has 0 aromatic rings. The fourth-order valence-corrected chi connectivity index (χ4v) is 5.03. The molecule has 160 valence electrons. The van der Waals surface area contributed by atoms with E-state index in [0.29, 0.717) is 12.3 Å². The molecule has 0 heterocycles. The largest absolute Gasteiger partial charge is 0.415 e. The summed E-state index contributed by atoms with van der Waals surface area (Å²) >= 11 is 0. The maximum absolute atomic E-state index is 12.9. The Morgan fingerprint density at radius 3 is 2.21 bits per heavy atom. The van der Waals surface area contributed by atoms with E-state index in [1.807, 2.05) is 41.5 Å². The van der Waals surface area contributed by atoms with Crippen molar-refractivity contribution in [1.29, 1.82) is 0 Å². The monoisotopic (exact) mass is 391 g/mol. The quantitative estimate of drug-likeness (QED) is 0.560. The van der Waals surface area contributed by atoms with E-state index in [1.165, 1.54) is 19.3 Å². The summed E-state index contributed by atoms with van der Waals surface area (Å²) in [6, 6.07) is 0.162. The number of rotatable bonds is 6. The highest BCUT2D eigenvalue weighted by molar-refractivity contribution is 5.69. The number of ether oxygens (including phenoxy) is 1. The van der Waals surface area contributed by atoms with E-state index in [2.05, 4.69) is 6.58 Å². The number of carbonyl (C=O) groups excluding carboxylic acids is 1. The van der Waals surface area contributed by atoms with Gasteiger partial charge in [-0.2, -0.15) is 0 Å². The number of amides is 1. The first-order valence-corrected chi connectivity index (χ1v) is 11.2. The predicted octanol–water partition coefficient (Wildman–Crippen LogP) is 6.06. The van der Waals surface area contributed by atoms with Crippen molar-refractivity contribution in [3.63, 3.8) is 0 Å².